The summed E-state index contributed by atoms with van der Waals surface area (Å²) in [6, 6.07) is 2.01. The van der Waals surface area contributed by atoms with Gasteiger partial charge in [0.1, 0.15) is 5.76 Å². The Hall–Kier alpha value is -1.25. The van der Waals surface area contributed by atoms with Crippen LogP contribution in [0.4, 0.5) is 0 Å². The van der Waals surface area contributed by atoms with Crippen LogP contribution in [0.3, 0.4) is 0 Å². The van der Waals surface area contributed by atoms with Crippen LogP contribution < -0.4 is 0 Å². The fraction of sp³-hybridized carbons (Fsp3) is 0.545. The Kier molecular flexibility index (Phi) is 2.10. The number of nitrogens with zero attached hydrogens (tertiary/aromatic N) is 2. The van der Waals surface area contributed by atoms with E-state index in [0.29, 0.717) is 11.8 Å². The van der Waals surface area contributed by atoms with Crippen molar-refractivity contribution in [3.05, 3.63) is 23.7 Å². The summed E-state index contributed by atoms with van der Waals surface area (Å²) in [6.45, 7) is 8.49. The van der Waals surface area contributed by atoms with E-state index in [-0.39, 0.29) is 0 Å². The molecule has 2 aromatic heterocycles. The van der Waals surface area contributed by atoms with E-state index in [1.807, 2.05) is 12.3 Å². The summed E-state index contributed by atoms with van der Waals surface area (Å²) >= 11 is 0. The predicted molar refractivity (Wildman–Crippen MR) is 55.6 cm³/mol. The second kappa shape index (κ2) is 3.15. The first-order chi connectivity index (χ1) is 6.58. The van der Waals surface area contributed by atoms with Crippen LogP contribution in [-0.4, -0.2) is 9.56 Å². The molecule has 0 radical (unpaired) electrons. The standard InChI is InChI=1S/C11H16N2O/c1-7(2)9-6-13-11(12-9)5-10(14-13)8(3)4/h5-8H,1-4H3. The molecule has 0 saturated carbocycles. The summed E-state index contributed by atoms with van der Waals surface area (Å²) in [5.41, 5.74) is 2.00. The van der Waals surface area contributed by atoms with E-state index in [1.54, 1.807) is 4.57 Å². The van der Waals surface area contributed by atoms with Crippen molar-refractivity contribution in [2.24, 2.45) is 0 Å². The Morgan fingerprint density at radius 2 is 1.93 bits per heavy atom. The fourth-order valence-corrected chi connectivity index (χ4v) is 1.38. The van der Waals surface area contributed by atoms with Crippen LogP contribution in [-0.2, 0) is 0 Å². The van der Waals surface area contributed by atoms with Gasteiger partial charge in [0, 0.05) is 12.0 Å². The Bertz CT molecular complexity index is 368. The van der Waals surface area contributed by atoms with Crippen molar-refractivity contribution in [2.45, 2.75) is 39.5 Å². The molecule has 2 rings (SSSR count). The monoisotopic (exact) mass is 192 g/mol. The molecule has 0 aromatic carbocycles. The zero-order valence-electron chi connectivity index (χ0n) is 9.11. The van der Waals surface area contributed by atoms with Crippen molar-refractivity contribution in [2.75, 3.05) is 0 Å². The van der Waals surface area contributed by atoms with Gasteiger partial charge in [-0.15, -0.1) is 0 Å². The highest BCUT2D eigenvalue weighted by molar-refractivity contribution is 5.40. The van der Waals surface area contributed by atoms with Gasteiger partial charge >= 0.3 is 0 Å². The molecule has 0 unspecified atom stereocenters. The van der Waals surface area contributed by atoms with Crippen molar-refractivity contribution < 1.29 is 4.52 Å². The number of imidazole rings is 1. The molecule has 0 aliphatic rings. The van der Waals surface area contributed by atoms with Crippen LogP contribution in [0.25, 0.3) is 5.65 Å². The minimum Gasteiger partial charge on any atom is -0.378 e. The second-order valence-corrected chi connectivity index (χ2v) is 4.30. The molecule has 3 heteroatoms. The topological polar surface area (TPSA) is 30.4 Å². The second-order valence-electron chi connectivity index (χ2n) is 4.30. The van der Waals surface area contributed by atoms with E-state index >= 15 is 0 Å². The van der Waals surface area contributed by atoms with Crippen molar-refractivity contribution in [1.29, 1.82) is 0 Å². The van der Waals surface area contributed by atoms with Gasteiger partial charge in [0.15, 0.2) is 5.65 Å². The molecule has 0 saturated heterocycles. The van der Waals surface area contributed by atoms with Gasteiger partial charge in [-0.2, -0.15) is 4.57 Å². The maximum Gasteiger partial charge on any atom is 0.172 e. The molecule has 0 amide bonds. The van der Waals surface area contributed by atoms with E-state index in [9.17, 15) is 0 Å². The predicted octanol–water partition coefficient (Wildman–Crippen LogP) is 3.17. The SMILES string of the molecule is CC(C)c1cn2oc(C(C)C)cc2n1. The summed E-state index contributed by atoms with van der Waals surface area (Å²) in [7, 11) is 0. The fourth-order valence-electron chi connectivity index (χ4n) is 1.38. The number of rotatable bonds is 2. The highest BCUT2D eigenvalue weighted by Crippen LogP contribution is 2.20. The van der Waals surface area contributed by atoms with Crippen molar-refractivity contribution in [1.82, 2.24) is 9.56 Å². The lowest BCUT2D eigenvalue weighted by Gasteiger charge is -1.97. The summed E-state index contributed by atoms with van der Waals surface area (Å²) in [5.74, 6) is 1.86. The van der Waals surface area contributed by atoms with Gasteiger partial charge in [-0.25, -0.2) is 4.98 Å². The van der Waals surface area contributed by atoms with E-state index in [2.05, 4.69) is 32.7 Å². The number of aromatic nitrogens is 2. The summed E-state index contributed by atoms with van der Waals surface area (Å²) in [5, 5.41) is 0. The first kappa shape index (κ1) is 9.31. The molecule has 0 spiro atoms. The van der Waals surface area contributed by atoms with Gasteiger partial charge in [-0.3, -0.25) is 0 Å². The Morgan fingerprint density at radius 1 is 1.21 bits per heavy atom. The lowest BCUT2D eigenvalue weighted by atomic mass is 10.1. The van der Waals surface area contributed by atoms with E-state index in [4.69, 9.17) is 4.52 Å². The molecular weight excluding hydrogens is 176 g/mol. The zero-order valence-corrected chi connectivity index (χ0v) is 9.11. The molecule has 0 N–H and O–H groups in total. The molecular formula is C11H16N2O. The zero-order chi connectivity index (χ0) is 10.3. The molecule has 3 nitrogen and oxygen atoms in total. The third kappa shape index (κ3) is 1.43. The number of hydrogen-bond acceptors (Lipinski definition) is 2. The van der Waals surface area contributed by atoms with E-state index < -0.39 is 0 Å². The average Bonchev–Trinajstić information content (AvgIpc) is 2.57. The van der Waals surface area contributed by atoms with Crippen LogP contribution in [0.2, 0.25) is 0 Å². The van der Waals surface area contributed by atoms with Gasteiger partial charge in [0.25, 0.3) is 0 Å². The molecule has 0 atom stereocenters. The largest absolute Gasteiger partial charge is 0.378 e. The van der Waals surface area contributed by atoms with Gasteiger partial charge in [0.2, 0.25) is 0 Å². The van der Waals surface area contributed by atoms with Crippen LogP contribution in [0, 0.1) is 0 Å². The molecule has 0 aliphatic carbocycles. The lowest BCUT2D eigenvalue weighted by molar-refractivity contribution is 0.334. The van der Waals surface area contributed by atoms with E-state index in [1.165, 1.54) is 0 Å². The first-order valence-corrected chi connectivity index (χ1v) is 5.07. The summed E-state index contributed by atoms with van der Waals surface area (Å²) < 4.78 is 7.37. The van der Waals surface area contributed by atoms with Crippen molar-refractivity contribution in [3.63, 3.8) is 0 Å². The van der Waals surface area contributed by atoms with Gasteiger partial charge in [-0.1, -0.05) is 27.7 Å². The number of fused-ring (bicyclic) bond motifs is 1. The summed E-state index contributed by atoms with van der Waals surface area (Å²) in [4.78, 5) is 4.48. The minimum absolute atomic E-state index is 0.416. The third-order valence-corrected chi connectivity index (χ3v) is 2.35. The summed E-state index contributed by atoms with van der Waals surface area (Å²) in [6.07, 6.45) is 1.96. The molecule has 14 heavy (non-hydrogen) atoms. The van der Waals surface area contributed by atoms with Crippen LogP contribution in [0.5, 0.6) is 0 Å². The highest BCUT2D eigenvalue weighted by atomic mass is 16.5. The lowest BCUT2D eigenvalue weighted by Crippen LogP contribution is -1.86. The Labute approximate surface area is 83.7 Å². The van der Waals surface area contributed by atoms with Gasteiger partial charge in [0.05, 0.1) is 11.9 Å². The normalized spacial score (nSPS) is 12.1. The number of hydrogen-bond donors (Lipinski definition) is 0. The minimum atomic E-state index is 0.416. The van der Waals surface area contributed by atoms with Gasteiger partial charge < -0.3 is 4.52 Å². The van der Waals surface area contributed by atoms with Gasteiger partial charge in [-0.05, 0) is 5.92 Å². The Morgan fingerprint density at radius 3 is 2.43 bits per heavy atom. The van der Waals surface area contributed by atoms with Crippen molar-refractivity contribution >= 4 is 5.65 Å². The van der Waals surface area contributed by atoms with Crippen LogP contribution in [0.15, 0.2) is 16.8 Å². The maximum atomic E-state index is 5.61. The quantitative estimate of drug-likeness (QED) is 0.731. The van der Waals surface area contributed by atoms with Crippen LogP contribution in [0.1, 0.15) is 51.0 Å². The van der Waals surface area contributed by atoms with Crippen molar-refractivity contribution in [3.8, 4) is 0 Å². The highest BCUT2D eigenvalue weighted by Gasteiger charge is 2.11. The molecule has 0 bridgehead atoms. The molecule has 76 valence electrons. The smallest absolute Gasteiger partial charge is 0.172 e. The van der Waals surface area contributed by atoms with E-state index in [0.717, 1.165) is 17.1 Å². The third-order valence-electron chi connectivity index (χ3n) is 2.35. The average molecular weight is 192 g/mol. The first-order valence-electron chi connectivity index (χ1n) is 5.07. The van der Waals surface area contributed by atoms with Crippen LogP contribution >= 0.6 is 0 Å². The maximum absolute atomic E-state index is 5.61. The Balaban J connectivity index is 2.45. The molecule has 0 fully saturated rings. The molecule has 2 aromatic rings. The molecule has 2 heterocycles. The molecule has 0 aliphatic heterocycles.